The van der Waals surface area contributed by atoms with Crippen LogP contribution in [-0.4, -0.2) is 27.0 Å². The summed E-state index contributed by atoms with van der Waals surface area (Å²) < 4.78 is 34.8. The predicted molar refractivity (Wildman–Crippen MR) is 125 cm³/mol. The van der Waals surface area contributed by atoms with Gasteiger partial charge in [-0.2, -0.15) is 0 Å². The number of amides is 1. The van der Waals surface area contributed by atoms with Gasteiger partial charge in [-0.3, -0.25) is 4.79 Å². The van der Waals surface area contributed by atoms with Crippen molar-refractivity contribution in [2.45, 2.75) is 62.9 Å². The Morgan fingerprint density at radius 3 is 2.45 bits per heavy atom. The molecule has 0 saturated heterocycles. The molecule has 0 radical (unpaired) electrons. The summed E-state index contributed by atoms with van der Waals surface area (Å²) in [5, 5.41) is 2.90. The van der Waals surface area contributed by atoms with Crippen LogP contribution in [-0.2, 0) is 14.8 Å². The first kappa shape index (κ1) is 23.8. The van der Waals surface area contributed by atoms with Gasteiger partial charge < -0.3 is 10.1 Å². The minimum Gasteiger partial charge on any atom is -0.484 e. The molecule has 168 valence electrons. The Kier molecular flexibility index (Phi) is 8.13. The van der Waals surface area contributed by atoms with Crippen molar-refractivity contribution in [1.82, 2.24) is 10.0 Å². The number of carbonyl (C=O) groups excluding carboxylic acids is 1. The number of sulfonamides is 1. The lowest BCUT2D eigenvalue weighted by Gasteiger charge is -2.22. The maximum Gasteiger partial charge on any atom is 0.258 e. The molecule has 0 aromatic heterocycles. The molecule has 8 heteroatoms. The Bertz CT molecular complexity index is 1000. The molecule has 1 saturated carbocycles. The van der Waals surface area contributed by atoms with Gasteiger partial charge in [-0.1, -0.05) is 47.3 Å². The van der Waals surface area contributed by atoms with Crippen LogP contribution in [0.25, 0.3) is 0 Å². The highest BCUT2D eigenvalue weighted by Gasteiger charge is 2.22. The van der Waals surface area contributed by atoms with Gasteiger partial charge in [0.2, 0.25) is 10.0 Å². The van der Waals surface area contributed by atoms with E-state index in [2.05, 4.69) is 26.0 Å². The van der Waals surface area contributed by atoms with E-state index in [0.29, 0.717) is 11.3 Å². The molecular weight excluding hydrogens is 480 g/mol. The Balaban J connectivity index is 1.56. The average Bonchev–Trinajstić information content (AvgIpc) is 2.73. The summed E-state index contributed by atoms with van der Waals surface area (Å²) in [6.07, 6.45) is 5.04. The normalized spacial score (nSPS) is 16.0. The molecule has 6 nitrogen and oxygen atoms in total. The second-order valence-corrected chi connectivity index (χ2v) is 10.6. The molecule has 1 aliphatic carbocycles. The first-order valence-electron chi connectivity index (χ1n) is 10.6. The molecule has 0 unspecified atom stereocenters. The van der Waals surface area contributed by atoms with Crippen LogP contribution in [0.15, 0.2) is 51.8 Å². The van der Waals surface area contributed by atoms with Gasteiger partial charge in [-0.05, 0) is 68.1 Å². The molecule has 1 amide bonds. The third-order valence-corrected chi connectivity index (χ3v) is 7.54. The smallest absolute Gasteiger partial charge is 0.258 e. The zero-order valence-corrected chi connectivity index (χ0v) is 20.3. The Hall–Kier alpha value is -1.90. The standard InChI is InChI=1S/C23H29BrN2O4S/c1-16-14-21(31(28,29)26-20-6-4-3-5-7-20)12-13-22(16)30-15-23(27)25-17(2)18-8-10-19(24)11-9-18/h8-14,17,20,26H,3-7,15H2,1-2H3,(H,25,27)/t17-/m1/s1. The van der Waals surface area contributed by atoms with Crippen LogP contribution in [0.3, 0.4) is 0 Å². The maximum absolute atomic E-state index is 12.7. The van der Waals surface area contributed by atoms with Crippen molar-refractivity contribution in [3.8, 4) is 5.75 Å². The monoisotopic (exact) mass is 508 g/mol. The van der Waals surface area contributed by atoms with E-state index < -0.39 is 10.0 Å². The summed E-state index contributed by atoms with van der Waals surface area (Å²) in [6, 6.07) is 12.3. The molecule has 0 heterocycles. The van der Waals surface area contributed by atoms with Gasteiger partial charge in [0.1, 0.15) is 5.75 Å². The van der Waals surface area contributed by atoms with Gasteiger partial charge in [-0.15, -0.1) is 0 Å². The lowest BCUT2D eigenvalue weighted by molar-refractivity contribution is -0.123. The number of ether oxygens (including phenoxy) is 1. The van der Waals surface area contributed by atoms with Crippen molar-refractivity contribution in [2.24, 2.45) is 0 Å². The molecule has 1 atom stereocenters. The van der Waals surface area contributed by atoms with Crippen molar-refractivity contribution < 1.29 is 17.9 Å². The summed E-state index contributed by atoms with van der Waals surface area (Å²) in [7, 11) is -3.57. The van der Waals surface area contributed by atoms with E-state index in [0.717, 1.165) is 35.7 Å². The fourth-order valence-electron chi connectivity index (χ4n) is 3.72. The zero-order valence-electron chi connectivity index (χ0n) is 17.9. The van der Waals surface area contributed by atoms with E-state index in [1.165, 1.54) is 12.5 Å². The van der Waals surface area contributed by atoms with E-state index in [1.54, 1.807) is 19.1 Å². The second-order valence-electron chi connectivity index (χ2n) is 8.01. The maximum atomic E-state index is 12.7. The number of hydrogen-bond acceptors (Lipinski definition) is 4. The highest BCUT2D eigenvalue weighted by molar-refractivity contribution is 9.10. The van der Waals surface area contributed by atoms with Gasteiger partial charge in [0.05, 0.1) is 10.9 Å². The van der Waals surface area contributed by atoms with Gasteiger partial charge in [0.25, 0.3) is 5.91 Å². The largest absolute Gasteiger partial charge is 0.484 e. The lowest BCUT2D eigenvalue weighted by atomic mass is 9.96. The first-order valence-corrected chi connectivity index (χ1v) is 12.8. The van der Waals surface area contributed by atoms with Crippen LogP contribution in [0.2, 0.25) is 0 Å². The lowest BCUT2D eigenvalue weighted by Crippen LogP contribution is -2.36. The number of carbonyl (C=O) groups is 1. The minimum atomic E-state index is -3.57. The fraction of sp³-hybridized carbons (Fsp3) is 0.435. The minimum absolute atomic E-state index is 0.00592. The highest BCUT2D eigenvalue weighted by atomic mass is 79.9. The highest BCUT2D eigenvalue weighted by Crippen LogP contribution is 2.24. The SMILES string of the molecule is Cc1cc(S(=O)(=O)NC2CCCCC2)ccc1OCC(=O)N[C@H](C)c1ccc(Br)cc1. The Morgan fingerprint density at radius 1 is 1.13 bits per heavy atom. The number of halogens is 1. The Labute approximate surface area is 193 Å². The molecule has 0 spiro atoms. The third-order valence-electron chi connectivity index (χ3n) is 5.49. The quantitative estimate of drug-likeness (QED) is 0.544. The van der Waals surface area contributed by atoms with Gasteiger partial charge in [0.15, 0.2) is 6.61 Å². The van der Waals surface area contributed by atoms with Gasteiger partial charge in [0, 0.05) is 10.5 Å². The average molecular weight is 509 g/mol. The van der Waals surface area contributed by atoms with Crippen molar-refractivity contribution in [3.63, 3.8) is 0 Å². The van der Waals surface area contributed by atoms with Crippen LogP contribution >= 0.6 is 15.9 Å². The topological polar surface area (TPSA) is 84.5 Å². The number of benzene rings is 2. The summed E-state index contributed by atoms with van der Waals surface area (Å²) in [4.78, 5) is 12.5. The van der Waals surface area contributed by atoms with Crippen LogP contribution in [0, 0.1) is 6.92 Å². The van der Waals surface area contributed by atoms with Gasteiger partial charge >= 0.3 is 0 Å². The molecule has 31 heavy (non-hydrogen) atoms. The van der Waals surface area contributed by atoms with Crippen LogP contribution in [0.4, 0.5) is 0 Å². The summed E-state index contributed by atoms with van der Waals surface area (Å²) in [5.41, 5.74) is 1.66. The fourth-order valence-corrected chi connectivity index (χ4v) is 5.37. The molecule has 2 N–H and O–H groups in total. The third kappa shape index (κ3) is 6.79. The summed E-state index contributed by atoms with van der Waals surface area (Å²) in [5.74, 6) is 0.244. The molecule has 0 aliphatic heterocycles. The first-order chi connectivity index (χ1) is 14.7. The van der Waals surface area contributed by atoms with E-state index >= 15 is 0 Å². The molecular formula is C23H29BrN2O4S. The predicted octanol–water partition coefficient (Wildman–Crippen LogP) is 4.62. The molecule has 2 aromatic carbocycles. The number of rotatable bonds is 8. The molecule has 2 aromatic rings. The van der Waals surface area contributed by atoms with E-state index in [4.69, 9.17) is 4.74 Å². The molecule has 1 fully saturated rings. The summed E-state index contributed by atoms with van der Waals surface area (Å²) >= 11 is 3.40. The van der Waals surface area contributed by atoms with Crippen molar-refractivity contribution >= 4 is 31.9 Å². The van der Waals surface area contributed by atoms with Crippen molar-refractivity contribution in [1.29, 1.82) is 0 Å². The summed E-state index contributed by atoms with van der Waals surface area (Å²) in [6.45, 7) is 3.54. The molecule has 1 aliphatic rings. The van der Waals surface area contributed by atoms with Crippen molar-refractivity contribution in [3.05, 3.63) is 58.1 Å². The Morgan fingerprint density at radius 2 is 1.81 bits per heavy atom. The molecule has 3 rings (SSSR count). The van der Waals surface area contributed by atoms with Crippen molar-refractivity contribution in [2.75, 3.05) is 6.61 Å². The van der Waals surface area contributed by atoms with Crippen LogP contribution in [0.1, 0.15) is 56.2 Å². The van der Waals surface area contributed by atoms with Gasteiger partial charge in [-0.25, -0.2) is 13.1 Å². The second kappa shape index (κ2) is 10.6. The van der Waals surface area contributed by atoms with E-state index in [1.807, 2.05) is 31.2 Å². The van der Waals surface area contributed by atoms with Crippen LogP contribution < -0.4 is 14.8 Å². The number of hydrogen-bond donors (Lipinski definition) is 2. The molecule has 0 bridgehead atoms. The van der Waals surface area contributed by atoms with E-state index in [-0.39, 0.29) is 29.5 Å². The van der Waals surface area contributed by atoms with Crippen LogP contribution in [0.5, 0.6) is 5.75 Å². The zero-order chi connectivity index (χ0) is 22.4. The number of nitrogens with one attached hydrogen (secondary N) is 2. The number of aryl methyl sites for hydroxylation is 1. The van der Waals surface area contributed by atoms with E-state index in [9.17, 15) is 13.2 Å².